The van der Waals surface area contributed by atoms with Gasteiger partial charge in [-0.2, -0.15) is 0 Å². The number of rotatable bonds is 11. The van der Waals surface area contributed by atoms with Crippen LogP contribution in [-0.4, -0.2) is 41.1 Å². The van der Waals surface area contributed by atoms with Gasteiger partial charge in [0.05, 0.1) is 31.2 Å². The summed E-state index contributed by atoms with van der Waals surface area (Å²) < 4.78 is 10.8. The molecule has 0 aliphatic carbocycles. The number of hydrogen-bond donors (Lipinski definition) is 2. The number of carbonyl (C=O) groups excluding carboxylic acids is 3. The van der Waals surface area contributed by atoms with Crippen LogP contribution in [0.3, 0.4) is 0 Å². The number of amides is 1. The van der Waals surface area contributed by atoms with Gasteiger partial charge in [0.2, 0.25) is 0 Å². The fourth-order valence-electron chi connectivity index (χ4n) is 4.63. The van der Waals surface area contributed by atoms with Crippen LogP contribution in [0.5, 0.6) is 11.5 Å². The van der Waals surface area contributed by atoms with Gasteiger partial charge >= 0.3 is 5.97 Å². The molecular formula is C32H33NO7. The summed E-state index contributed by atoms with van der Waals surface area (Å²) in [6.45, 7) is 4.72. The second-order valence-corrected chi connectivity index (χ2v) is 9.49. The average Bonchev–Trinajstić information content (AvgIpc) is 3.22. The lowest BCUT2D eigenvalue weighted by Gasteiger charge is -2.25. The van der Waals surface area contributed by atoms with E-state index in [1.165, 1.54) is 17.0 Å². The van der Waals surface area contributed by atoms with Crippen LogP contribution in [0, 0.1) is 0 Å². The minimum absolute atomic E-state index is 0.0264. The summed E-state index contributed by atoms with van der Waals surface area (Å²) in [5, 5.41) is 21.2. The second kappa shape index (κ2) is 13.0. The van der Waals surface area contributed by atoms with Crippen LogP contribution >= 0.6 is 0 Å². The first-order valence-corrected chi connectivity index (χ1v) is 13.4. The van der Waals surface area contributed by atoms with Gasteiger partial charge in [-0.05, 0) is 73.0 Å². The molecule has 4 rings (SSSR count). The van der Waals surface area contributed by atoms with E-state index in [2.05, 4.69) is 6.92 Å². The Hall–Kier alpha value is -4.59. The fraction of sp³-hybridized carbons (Fsp3) is 0.281. The molecule has 1 saturated heterocycles. The van der Waals surface area contributed by atoms with Crippen molar-refractivity contribution >= 4 is 29.1 Å². The number of ketones is 1. The Morgan fingerprint density at radius 1 is 0.900 bits per heavy atom. The Labute approximate surface area is 233 Å². The Balaban J connectivity index is 1.70. The highest BCUT2D eigenvalue weighted by Gasteiger charge is 2.47. The maximum Gasteiger partial charge on any atom is 0.310 e. The molecule has 40 heavy (non-hydrogen) atoms. The van der Waals surface area contributed by atoms with E-state index in [0.717, 1.165) is 19.3 Å². The maximum atomic E-state index is 13.4. The maximum absolute atomic E-state index is 13.4. The summed E-state index contributed by atoms with van der Waals surface area (Å²) in [5.74, 6) is -1.63. The number of carbonyl (C=O) groups is 3. The molecule has 8 nitrogen and oxygen atoms in total. The lowest BCUT2D eigenvalue weighted by Crippen LogP contribution is -2.29. The van der Waals surface area contributed by atoms with E-state index in [1.54, 1.807) is 67.6 Å². The molecule has 0 spiro atoms. The third-order valence-corrected chi connectivity index (χ3v) is 6.67. The summed E-state index contributed by atoms with van der Waals surface area (Å²) in [7, 11) is 0. The lowest BCUT2D eigenvalue weighted by atomic mass is 9.95. The van der Waals surface area contributed by atoms with Crippen LogP contribution in [0.15, 0.2) is 78.4 Å². The minimum Gasteiger partial charge on any atom is -0.508 e. The zero-order valence-corrected chi connectivity index (χ0v) is 22.6. The Morgan fingerprint density at radius 3 is 2.20 bits per heavy atom. The molecule has 1 aliphatic rings. The fourth-order valence-corrected chi connectivity index (χ4v) is 4.63. The molecule has 8 heteroatoms. The Bertz CT molecular complexity index is 1380. The number of unbranched alkanes of at least 4 members (excludes halogenated alkanes) is 2. The van der Waals surface area contributed by atoms with Crippen LogP contribution in [0.4, 0.5) is 5.69 Å². The van der Waals surface area contributed by atoms with Gasteiger partial charge in [-0.3, -0.25) is 19.3 Å². The zero-order valence-electron chi connectivity index (χ0n) is 22.6. The number of phenols is 1. The van der Waals surface area contributed by atoms with Gasteiger partial charge in [0, 0.05) is 11.3 Å². The summed E-state index contributed by atoms with van der Waals surface area (Å²) in [4.78, 5) is 39.9. The van der Waals surface area contributed by atoms with Crippen molar-refractivity contribution < 1.29 is 34.1 Å². The topological polar surface area (TPSA) is 113 Å². The molecule has 0 aromatic heterocycles. The van der Waals surface area contributed by atoms with Gasteiger partial charge in [-0.1, -0.05) is 44.0 Å². The highest BCUT2D eigenvalue weighted by molar-refractivity contribution is 6.51. The van der Waals surface area contributed by atoms with Gasteiger partial charge in [-0.15, -0.1) is 0 Å². The van der Waals surface area contributed by atoms with E-state index >= 15 is 0 Å². The van der Waals surface area contributed by atoms with Crippen molar-refractivity contribution in [2.24, 2.45) is 0 Å². The van der Waals surface area contributed by atoms with E-state index in [-0.39, 0.29) is 36.1 Å². The van der Waals surface area contributed by atoms with Crippen molar-refractivity contribution in [2.75, 3.05) is 18.1 Å². The van der Waals surface area contributed by atoms with Gasteiger partial charge in [-0.25, -0.2) is 0 Å². The molecule has 0 saturated carbocycles. The largest absolute Gasteiger partial charge is 0.508 e. The molecule has 3 aromatic carbocycles. The van der Waals surface area contributed by atoms with Crippen molar-refractivity contribution in [3.05, 3.63) is 95.1 Å². The van der Waals surface area contributed by atoms with E-state index in [9.17, 15) is 24.6 Å². The molecule has 0 bridgehead atoms. The van der Waals surface area contributed by atoms with Crippen LogP contribution in [0.2, 0.25) is 0 Å². The van der Waals surface area contributed by atoms with Crippen LogP contribution < -0.4 is 9.64 Å². The first-order chi connectivity index (χ1) is 19.3. The third kappa shape index (κ3) is 6.34. The van der Waals surface area contributed by atoms with Gasteiger partial charge in [0.25, 0.3) is 11.7 Å². The third-order valence-electron chi connectivity index (χ3n) is 6.67. The summed E-state index contributed by atoms with van der Waals surface area (Å²) in [6, 6.07) is 18.6. The number of hydrogen-bond acceptors (Lipinski definition) is 7. The number of aromatic hydroxyl groups is 1. The second-order valence-electron chi connectivity index (χ2n) is 9.49. The Kier molecular flexibility index (Phi) is 9.22. The quantitative estimate of drug-likeness (QED) is 0.105. The molecule has 2 N–H and O–H groups in total. The highest BCUT2D eigenvalue weighted by Crippen LogP contribution is 2.42. The predicted octanol–water partition coefficient (Wildman–Crippen LogP) is 5.69. The van der Waals surface area contributed by atoms with Crippen molar-refractivity contribution in [2.45, 2.75) is 45.6 Å². The molecule has 1 atom stereocenters. The van der Waals surface area contributed by atoms with Gasteiger partial charge in [0.15, 0.2) is 0 Å². The standard InChI is InChI=1S/C32H33NO7/c1-3-5-6-19-40-26-17-11-23(12-18-26)30(36)28-29(22-9-15-25(34)16-10-22)33(32(38)31(28)37)24-13-7-21(8-14-24)20-27(35)39-4-2/h7-18,29,34,36H,3-6,19-20H2,1-2H3/b30-28+. The first-order valence-electron chi connectivity index (χ1n) is 13.4. The number of aliphatic hydroxyl groups excluding tert-OH is 1. The van der Waals surface area contributed by atoms with Gasteiger partial charge < -0.3 is 19.7 Å². The minimum atomic E-state index is -0.943. The van der Waals surface area contributed by atoms with E-state index in [0.29, 0.717) is 34.7 Å². The van der Waals surface area contributed by atoms with E-state index < -0.39 is 17.7 Å². The Morgan fingerprint density at radius 2 is 1.57 bits per heavy atom. The molecule has 1 unspecified atom stereocenters. The average molecular weight is 544 g/mol. The number of benzene rings is 3. The first kappa shape index (κ1) is 28.4. The molecule has 1 fully saturated rings. The molecule has 1 aliphatic heterocycles. The number of nitrogens with zero attached hydrogens (tertiary/aromatic N) is 1. The van der Waals surface area contributed by atoms with Crippen molar-refractivity contribution in [3.8, 4) is 11.5 Å². The number of aliphatic hydroxyl groups is 1. The normalized spacial score (nSPS) is 16.2. The zero-order chi connectivity index (χ0) is 28.6. The number of anilines is 1. The summed E-state index contributed by atoms with van der Waals surface area (Å²) >= 11 is 0. The van der Waals surface area contributed by atoms with Crippen molar-refractivity contribution in [3.63, 3.8) is 0 Å². The van der Waals surface area contributed by atoms with Crippen molar-refractivity contribution in [1.82, 2.24) is 0 Å². The molecule has 1 amide bonds. The van der Waals surface area contributed by atoms with Crippen LogP contribution in [-0.2, 0) is 25.5 Å². The smallest absolute Gasteiger partial charge is 0.310 e. The van der Waals surface area contributed by atoms with Crippen molar-refractivity contribution in [1.29, 1.82) is 0 Å². The SMILES string of the molecule is CCCCCOc1ccc(/C(O)=C2\C(=O)C(=O)N(c3ccc(CC(=O)OCC)cc3)C2c2ccc(O)cc2)cc1. The van der Waals surface area contributed by atoms with Gasteiger partial charge in [0.1, 0.15) is 17.3 Å². The van der Waals surface area contributed by atoms with E-state index in [4.69, 9.17) is 9.47 Å². The number of esters is 1. The predicted molar refractivity (Wildman–Crippen MR) is 151 cm³/mol. The summed E-state index contributed by atoms with van der Waals surface area (Å²) in [6.07, 6.45) is 3.18. The van der Waals surface area contributed by atoms with Crippen LogP contribution in [0.1, 0.15) is 55.8 Å². The monoisotopic (exact) mass is 543 g/mol. The number of Topliss-reactive ketones (excluding diaryl/α,β-unsaturated/α-hetero) is 1. The summed E-state index contributed by atoms with van der Waals surface area (Å²) in [5.41, 5.74) is 1.94. The lowest BCUT2D eigenvalue weighted by molar-refractivity contribution is -0.142. The molecule has 0 radical (unpaired) electrons. The molecule has 1 heterocycles. The molecule has 3 aromatic rings. The molecule has 208 valence electrons. The number of ether oxygens (including phenoxy) is 2. The number of phenolic OH excluding ortho intramolecular Hbond substituents is 1. The van der Waals surface area contributed by atoms with E-state index in [1.807, 2.05) is 0 Å². The highest BCUT2D eigenvalue weighted by atomic mass is 16.5. The molecular weight excluding hydrogens is 510 g/mol. The van der Waals surface area contributed by atoms with Crippen LogP contribution in [0.25, 0.3) is 5.76 Å².